The molecule has 0 bridgehead atoms. The van der Waals surface area contributed by atoms with Crippen molar-refractivity contribution < 1.29 is 27.8 Å². The van der Waals surface area contributed by atoms with Crippen LogP contribution in [0.2, 0.25) is 0 Å². The number of pyridine rings is 1. The Balaban J connectivity index is 1.17. The van der Waals surface area contributed by atoms with Crippen molar-refractivity contribution in [2.75, 3.05) is 18.5 Å². The van der Waals surface area contributed by atoms with Gasteiger partial charge in [-0.05, 0) is 64.1 Å². The summed E-state index contributed by atoms with van der Waals surface area (Å²) in [6.07, 6.45) is 10.0. The lowest BCUT2D eigenvalue weighted by molar-refractivity contribution is -0.150. The van der Waals surface area contributed by atoms with Crippen LogP contribution in [0.25, 0.3) is 22.0 Å². The second kappa shape index (κ2) is 13.3. The number of nitrogens with one attached hydrogen (secondary N) is 2. The van der Waals surface area contributed by atoms with E-state index in [0.717, 1.165) is 57.2 Å². The molecule has 1 saturated heterocycles. The first-order valence-corrected chi connectivity index (χ1v) is 15.5. The molecule has 6 rings (SSSR count). The fourth-order valence-corrected chi connectivity index (χ4v) is 6.27. The van der Waals surface area contributed by atoms with Gasteiger partial charge in [-0.2, -0.15) is 14.6 Å². The number of aromatic nitrogens is 6. The highest BCUT2D eigenvalue weighted by atomic mass is 32.1. The van der Waals surface area contributed by atoms with Crippen molar-refractivity contribution in [1.82, 2.24) is 34.8 Å². The number of carbonyl (C=O) groups is 2. The Morgan fingerprint density at radius 1 is 1.11 bits per heavy atom. The third-order valence-corrected chi connectivity index (χ3v) is 8.63. The molecule has 44 heavy (non-hydrogen) atoms. The van der Waals surface area contributed by atoms with E-state index in [1.807, 2.05) is 6.92 Å². The molecule has 1 atom stereocenters. The number of hydrogen-bond acceptors (Lipinski definition) is 10. The first-order valence-electron chi connectivity index (χ1n) is 14.6. The van der Waals surface area contributed by atoms with Crippen LogP contribution in [-0.4, -0.2) is 66.7 Å². The van der Waals surface area contributed by atoms with Gasteiger partial charge >= 0.3 is 5.97 Å². The average Bonchev–Trinajstić information content (AvgIpc) is 3.84. The van der Waals surface area contributed by atoms with Gasteiger partial charge in [0.25, 0.3) is 5.91 Å². The lowest BCUT2D eigenvalue weighted by Crippen LogP contribution is -2.32. The number of carbonyl (C=O) groups excluding carboxylic acids is 2. The average molecular weight is 627 g/mol. The van der Waals surface area contributed by atoms with Gasteiger partial charge < -0.3 is 20.1 Å². The van der Waals surface area contributed by atoms with Crippen molar-refractivity contribution in [3.05, 3.63) is 53.6 Å². The van der Waals surface area contributed by atoms with Crippen LogP contribution in [0.5, 0.6) is 0 Å². The number of halogens is 2. The van der Waals surface area contributed by atoms with Crippen LogP contribution in [0.4, 0.5) is 14.5 Å². The minimum Gasteiger partial charge on any atom is -0.441 e. The quantitative estimate of drug-likeness (QED) is 0.192. The third-order valence-electron chi connectivity index (χ3n) is 7.74. The molecule has 5 heterocycles. The van der Waals surface area contributed by atoms with E-state index in [1.54, 1.807) is 28.7 Å². The predicted octanol–water partition coefficient (Wildman–Crippen LogP) is 4.57. The van der Waals surface area contributed by atoms with Crippen LogP contribution in [0, 0.1) is 11.8 Å². The molecular formula is C29H32F2N8O4S. The number of amides is 1. The van der Waals surface area contributed by atoms with Gasteiger partial charge in [-0.1, -0.05) is 0 Å². The lowest BCUT2D eigenvalue weighted by atomic mass is 9.93. The van der Waals surface area contributed by atoms with Crippen molar-refractivity contribution in [3.8, 4) is 22.0 Å². The molecule has 0 spiro atoms. The first kappa shape index (κ1) is 30.0. The largest absolute Gasteiger partial charge is 0.441 e. The number of esters is 1. The molecule has 15 heteroatoms. The highest BCUT2D eigenvalue weighted by molar-refractivity contribution is 7.13. The van der Waals surface area contributed by atoms with Crippen molar-refractivity contribution in [1.29, 1.82) is 0 Å². The normalized spacial score (nSPS) is 20.1. The molecule has 1 aliphatic heterocycles. The number of thiazole rings is 1. The van der Waals surface area contributed by atoms with Crippen LogP contribution in [-0.2, 0) is 21.0 Å². The monoisotopic (exact) mass is 626 g/mol. The van der Waals surface area contributed by atoms with E-state index in [9.17, 15) is 18.4 Å². The molecular weight excluding hydrogens is 594 g/mol. The minimum absolute atomic E-state index is 0.00356. The molecule has 0 aromatic carbocycles. The second-order valence-corrected chi connectivity index (χ2v) is 11.6. The summed E-state index contributed by atoms with van der Waals surface area (Å²) in [5.41, 5.74) is 0.699. The van der Waals surface area contributed by atoms with Crippen molar-refractivity contribution >= 4 is 28.9 Å². The van der Waals surface area contributed by atoms with Gasteiger partial charge in [-0.15, -0.1) is 11.3 Å². The van der Waals surface area contributed by atoms with Crippen molar-refractivity contribution in [3.63, 3.8) is 0 Å². The molecule has 4 aromatic heterocycles. The molecule has 2 aliphatic rings. The SMILES string of the molecule is CCO[C@H]1CC[C@H](n2cc(NC(=O)c3csc(-c4cnn(COC(=O)[C@H]5CCCN5)c4)n3)c(-c3nc(F)ccc3F)n2)CC1. The fourth-order valence-electron chi connectivity index (χ4n) is 5.50. The van der Waals surface area contributed by atoms with Gasteiger partial charge in [0.1, 0.15) is 28.1 Å². The van der Waals surface area contributed by atoms with E-state index in [1.165, 1.54) is 16.0 Å². The summed E-state index contributed by atoms with van der Waals surface area (Å²) in [7, 11) is 0. The zero-order valence-electron chi connectivity index (χ0n) is 24.0. The summed E-state index contributed by atoms with van der Waals surface area (Å²) in [5, 5.41) is 16.8. The number of ether oxygens (including phenoxy) is 2. The zero-order chi connectivity index (χ0) is 30.6. The van der Waals surface area contributed by atoms with Gasteiger partial charge in [0.2, 0.25) is 5.95 Å². The van der Waals surface area contributed by atoms with Gasteiger partial charge in [0.15, 0.2) is 12.5 Å². The van der Waals surface area contributed by atoms with Crippen LogP contribution in [0.3, 0.4) is 0 Å². The van der Waals surface area contributed by atoms with E-state index in [0.29, 0.717) is 17.2 Å². The van der Waals surface area contributed by atoms with E-state index < -0.39 is 17.7 Å². The molecule has 0 unspecified atom stereocenters. The highest BCUT2D eigenvalue weighted by Gasteiger charge is 2.27. The van der Waals surface area contributed by atoms with Crippen molar-refractivity contribution in [2.45, 2.75) is 70.4 Å². The summed E-state index contributed by atoms with van der Waals surface area (Å²) < 4.78 is 43.1. The molecule has 4 aromatic rings. The van der Waals surface area contributed by atoms with Crippen LogP contribution >= 0.6 is 11.3 Å². The second-order valence-electron chi connectivity index (χ2n) is 10.7. The molecule has 2 fully saturated rings. The maximum Gasteiger partial charge on any atom is 0.324 e. The molecule has 232 valence electrons. The number of rotatable bonds is 10. The molecule has 2 N–H and O–H groups in total. The van der Waals surface area contributed by atoms with Gasteiger partial charge in [-0.25, -0.2) is 19.0 Å². The van der Waals surface area contributed by atoms with Crippen molar-refractivity contribution in [2.24, 2.45) is 0 Å². The smallest absolute Gasteiger partial charge is 0.324 e. The minimum atomic E-state index is -0.861. The van der Waals surface area contributed by atoms with Gasteiger partial charge in [0, 0.05) is 29.9 Å². The van der Waals surface area contributed by atoms with Gasteiger partial charge in [-0.3, -0.25) is 14.3 Å². The summed E-state index contributed by atoms with van der Waals surface area (Å²) in [6, 6.07) is 1.62. The van der Waals surface area contributed by atoms with E-state index in [2.05, 4.69) is 30.8 Å². The van der Waals surface area contributed by atoms with Gasteiger partial charge in [0.05, 0.1) is 24.0 Å². The predicted molar refractivity (Wildman–Crippen MR) is 157 cm³/mol. The summed E-state index contributed by atoms with van der Waals surface area (Å²) in [4.78, 5) is 33.7. The summed E-state index contributed by atoms with van der Waals surface area (Å²) in [5.74, 6) is -2.48. The van der Waals surface area contributed by atoms with Crippen LogP contribution < -0.4 is 10.6 Å². The van der Waals surface area contributed by atoms with E-state index >= 15 is 0 Å². The number of anilines is 1. The molecule has 1 saturated carbocycles. The zero-order valence-corrected chi connectivity index (χ0v) is 24.9. The Hall–Kier alpha value is -4.08. The van der Waals surface area contributed by atoms with Crippen LogP contribution in [0.1, 0.15) is 62.0 Å². The maximum absolute atomic E-state index is 14.8. The Labute approximate surface area is 255 Å². The van der Waals surface area contributed by atoms with Crippen LogP contribution in [0.15, 0.2) is 36.1 Å². The first-order chi connectivity index (χ1) is 21.4. The molecule has 1 aliphatic carbocycles. The molecule has 0 radical (unpaired) electrons. The highest BCUT2D eigenvalue weighted by Crippen LogP contribution is 2.34. The standard InChI is InChI=1S/C29H32F2N8O4S/c1-2-42-19-7-5-18(6-8-19)39-14-22(26(37-39)25-20(30)9-10-24(31)36-25)34-27(40)23-15-44-28(35-23)17-12-33-38(13-17)16-43-29(41)21-4-3-11-32-21/h9-10,12-15,18-19,21,32H,2-8,11,16H2,1H3,(H,34,40)/t18-,19-,21-/m1/s1. The Kier molecular flexibility index (Phi) is 9.04. The Morgan fingerprint density at radius 2 is 1.95 bits per heavy atom. The summed E-state index contributed by atoms with van der Waals surface area (Å²) >= 11 is 1.24. The fraction of sp³-hybridized carbons (Fsp3) is 0.448. The number of hydrogen-bond donors (Lipinski definition) is 2. The van der Waals surface area contributed by atoms with E-state index in [-0.39, 0.29) is 53.7 Å². The Bertz CT molecular complexity index is 1620. The summed E-state index contributed by atoms with van der Waals surface area (Å²) in [6.45, 7) is 3.37. The number of nitrogens with zero attached hydrogens (tertiary/aromatic N) is 6. The van der Waals surface area contributed by atoms with E-state index in [4.69, 9.17) is 9.47 Å². The Morgan fingerprint density at radius 3 is 2.73 bits per heavy atom. The third kappa shape index (κ3) is 6.69. The lowest BCUT2D eigenvalue weighted by Gasteiger charge is -2.28. The topological polar surface area (TPSA) is 138 Å². The molecule has 1 amide bonds. The maximum atomic E-state index is 14.8. The molecule has 12 nitrogen and oxygen atoms in total.